The number of nitro groups is 1. The van der Waals surface area contributed by atoms with Gasteiger partial charge < -0.3 is 9.47 Å². The number of hydrogen-bond donors (Lipinski definition) is 0. The lowest BCUT2D eigenvalue weighted by atomic mass is 10.2. The number of benzene rings is 2. The van der Waals surface area contributed by atoms with Crippen LogP contribution in [0.2, 0.25) is 5.02 Å². The van der Waals surface area contributed by atoms with E-state index in [0.29, 0.717) is 16.1 Å². The van der Waals surface area contributed by atoms with Crippen molar-refractivity contribution in [2.75, 3.05) is 7.11 Å². The summed E-state index contributed by atoms with van der Waals surface area (Å²) < 4.78 is 10.4. The van der Waals surface area contributed by atoms with Crippen molar-refractivity contribution in [3.63, 3.8) is 0 Å². The molecule has 118 valence electrons. The third kappa shape index (κ3) is 4.55. The summed E-state index contributed by atoms with van der Waals surface area (Å²) >= 11 is 5.84. The second kappa shape index (κ2) is 7.42. The average Bonchev–Trinajstić information content (AvgIpc) is 2.53. The van der Waals surface area contributed by atoms with Gasteiger partial charge in [0.25, 0.3) is 0 Å². The van der Waals surface area contributed by atoms with Gasteiger partial charge in [0.1, 0.15) is 0 Å². The van der Waals surface area contributed by atoms with Crippen molar-refractivity contribution in [3.8, 4) is 11.5 Å². The topological polar surface area (TPSA) is 78.7 Å². The quantitative estimate of drug-likeness (QED) is 0.360. The number of hydrogen-bond acceptors (Lipinski definition) is 5. The predicted octanol–water partition coefficient (Wildman–Crippen LogP) is 3.82. The van der Waals surface area contributed by atoms with Gasteiger partial charge in [-0.05, 0) is 35.9 Å². The summed E-state index contributed by atoms with van der Waals surface area (Å²) in [6.45, 7) is 0. The van der Waals surface area contributed by atoms with Crippen LogP contribution < -0.4 is 9.47 Å². The Hall–Kier alpha value is -2.86. The Kier molecular flexibility index (Phi) is 5.32. The van der Waals surface area contributed by atoms with Crippen LogP contribution in [-0.2, 0) is 0 Å². The first-order chi connectivity index (χ1) is 11.0. The van der Waals surface area contributed by atoms with Gasteiger partial charge in [0.2, 0.25) is 6.20 Å². The minimum atomic E-state index is -0.584. The number of nitrogens with zero attached hydrogens (tertiary/aromatic N) is 1. The third-order valence-corrected chi connectivity index (χ3v) is 3.07. The van der Waals surface area contributed by atoms with Gasteiger partial charge in [-0.1, -0.05) is 23.7 Å². The van der Waals surface area contributed by atoms with Crippen LogP contribution in [0.3, 0.4) is 0 Å². The molecule has 0 amide bonds. The van der Waals surface area contributed by atoms with E-state index in [-0.39, 0.29) is 11.5 Å². The van der Waals surface area contributed by atoms with Gasteiger partial charge in [0.15, 0.2) is 11.5 Å². The molecule has 0 heterocycles. The molecular formula is C16H12ClNO5. The number of methoxy groups -OCH3 is 1. The highest BCUT2D eigenvalue weighted by Crippen LogP contribution is 2.29. The van der Waals surface area contributed by atoms with E-state index in [4.69, 9.17) is 21.1 Å². The Bertz CT molecular complexity index is 773. The van der Waals surface area contributed by atoms with Crippen molar-refractivity contribution in [2.24, 2.45) is 0 Å². The van der Waals surface area contributed by atoms with E-state index in [0.717, 1.165) is 6.20 Å². The molecule has 23 heavy (non-hydrogen) atoms. The number of carbonyl (C=O) groups is 1. The Balaban J connectivity index is 2.22. The maximum absolute atomic E-state index is 12.1. The van der Waals surface area contributed by atoms with Gasteiger partial charge >= 0.3 is 5.97 Å². The molecule has 2 rings (SSSR count). The van der Waals surface area contributed by atoms with E-state index in [9.17, 15) is 14.9 Å². The highest BCUT2D eigenvalue weighted by Gasteiger charge is 2.13. The lowest BCUT2D eigenvalue weighted by molar-refractivity contribution is -0.400. The highest BCUT2D eigenvalue weighted by atomic mass is 35.5. The van der Waals surface area contributed by atoms with Gasteiger partial charge in [-0.3, -0.25) is 10.1 Å². The van der Waals surface area contributed by atoms with Crippen LogP contribution in [0.25, 0.3) is 6.08 Å². The van der Waals surface area contributed by atoms with E-state index in [1.165, 1.54) is 31.4 Å². The van der Waals surface area contributed by atoms with Crippen molar-refractivity contribution >= 4 is 23.6 Å². The second-order valence-corrected chi connectivity index (χ2v) is 4.85. The molecule has 0 aliphatic rings. The molecule has 0 bridgehead atoms. The molecule has 7 heteroatoms. The van der Waals surface area contributed by atoms with Crippen LogP contribution >= 0.6 is 11.6 Å². The molecule has 6 nitrogen and oxygen atoms in total. The smallest absolute Gasteiger partial charge is 0.343 e. The SMILES string of the molecule is COc1cc(/C=C/[N+](=O)[O-])ccc1OC(=O)c1cccc(Cl)c1. The fraction of sp³-hybridized carbons (Fsp3) is 0.0625. The Morgan fingerprint density at radius 3 is 2.65 bits per heavy atom. The molecule has 0 radical (unpaired) electrons. The normalized spacial score (nSPS) is 10.5. The minimum absolute atomic E-state index is 0.204. The van der Waals surface area contributed by atoms with Crippen molar-refractivity contribution in [1.82, 2.24) is 0 Å². The molecule has 0 aromatic heterocycles. The van der Waals surface area contributed by atoms with Gasteiger partial charge in [0.05, 0.1) is 17.6 Å². The van der Waals surface area contributed by atoms with E-state index >= 15 is 0 Å². The van der Waals surface area contributed by atoms with E-state index in [2.05, 4.69) is 0 Å². The molecule has 2 aromatic rings. The fourth-order valence-electron chi connectivity index (χ4n) is 1.79. The minimum Gasteiger partial charge on any atom is -0.493 e. The summed E-state index contributed by atoms with van der Waals surface area (Å²) in [4.78, 5) is 21.9. The monoisotopic (exact) mass is 333 g/mol. The predicted molar refractivity (Wildman–Crippen MR) is 85.4 cm³/mol. The largest absolute Gasteiger partial charge is 0.493 e. The molecule has 0 aliphatic carbocycles. The lowest BCUT2D eigenvalue weighted by Crippen LogP contribution is -2.09. The maximum atomic E-state index is 12.1. The number of carbonyl (C=O) groups excluding carboxylic acids is 1. The van der Waals surface area contributed by atoms with Gasteiger partial charge in [0, 0.05) is 11.1 Å². The van der Waals surface area contributed by atoms with E-state index in [1.54, 1.807) is 24.3 Å². The second-order valence-electron chi connectivity index (χ2n) is 4.41. The molecule has 0 atom stereocenters. The highest BCUT2D eigenvalue weighted by molar-refractivity contribution is 6.30. The summed E-state index contributed by atoms with van der Waals surface area (Å²) in [5.74, 6) is -0.0963. The number of rotatable bonds is 5. The van der Waals surface area contributed by atoms with Crippen LogP contribution in [0.5, 0.6) is 11.5 Å². The summed E-state index contributed by atoms with van der Waals surface area (Å²) in [5.41, 5.74) is 0.845. The molecule has 0 saturated heterocycles. The van der Waals surface area contributed by atoms with Crippen LogP contribution in [0.15, 0.2) is 48.7 Å². The molecule has 0 saturated carbocycles. The summed E-state index contributed by atoms with van der Waals surface area (Å²) in [5, 5.41) is 10.8. The average molecular weight is 334 g/mol. The zero-order valence-corrected chi connectivity index (χ0v) is 12.8. The number of esters is 1. The standard InChI is InChI=1S/C16H12ClNO5/c1-22-15-9-11(7-8-18(20)21)5-6-14(15)23-16(19)12-3-2-4-13(17)10-12/h2-10H,1H3/b8-7+. The summed E-state index contributed by atoms with van der Waals surface area (Å²) in [6.07, 6.45) is 2.12. The Morgan fingerprint density at radius 1 is 1.22 bits per heavy atom. The van der Waals surface area contributed by atoms with Crippen LogP contribution in [-0.4, -0.2) is 18.0 Å². The molecule has 0 fully saturated rings. The van der Waals surface area contributed by atoms with Crippen molar-refractivity contribution in [2.45, 2.75) is 0 Å². The molecule has 2 aromatic carbocycles. The Morgan fingerprint density at radius 2 is 2.00 bits per heavy atom. The van der Waals surface area contributed by atoms with Crippen LogP contribution in [0.1, 0.15) is 15.9 Å². The third-order valence-electron chi connectivity index (χ3n) is 2.84. The zero-order valence-electron chi connectivity index (χ0n) is 12.1. The van der Waals surface area contributed by atoms with Crippen LogP contribution in [0, 0.1) is 10.1 Å². The first-order valence-electron chi connectivity index (χ1n) is 6.47. The first kappa shape index (κ1) is 16.5. The molecular weight excluding hydrogens is 322 g/mol. The summed E-state index contributed by atoms with van der Waals surface area (Å²) in [6, 6.07) is 11.0. The zero-order chi connectivity index (χ0) is 16.8. The van der Waals surface area contributed by atoms with Gasteiger partial charge in [-0.2, -0.15) is 0 Å². The van der Waals surface area contributed by atoms with E-state index < -0.39 is 10.9 Å². The molecule has 0 spiro atoms. The maximum Gasteiger partial charge on any atom is 0.343 e. The van der Waals surface area contributed by atoms with E-state index in [1.807, 2.05) is 0 Å². The Labute approximate surface area is 137 Å². The molecule has 0 N–H and O–H groups in total. The lowest BCUT2D eigenvalue weighted by Gasteiger charge is -2.10. The number of halogens is 1. The van der Waals surface area contributed by atoms with Crippen molar-refractivity contribution < 1.29 is 19.2 Å². The molecule has 0 aliphatic heterocycles. The van der Waals surface area contributed by atoms with Gasteiger partial charge in [-0.25, -0.2) is 4.79 Å². The van der Waals surface area contributed by atoms with Crippen LogP contribution in [0.4, 0.5) is 0 Å². The number of ether oxygens (including phenoxy) is 2. The summed E-state index contributed by atoms with van der Waals surface area (Å²) in [7, 11) is 1.41. The van der Waals surface area contributed by atoms with Crippen molar-refractivity contribution in [3.05, 3.63) is 74.9 Å². The first-order valence-corrected chi connectivity index (χ1v) is 6.85. The van der Waals surface area contributed by atoms with Crippen molar-refractivity contribution in [1.29, 1.82) is 0 Å². The van der Waals surface area contributed by atoms with Gasteiger partial charge in [-0.15, -0.1) is 0 Å². The molecule has 0 unspecified atom stereocenters. The fourth-order valence-corrected chi connectivity index (χ4v) is 1.98.